The molecule has 0 aliphatic rings. The minimum Gasteiger partial charge on any atom is -0.398 e. The molecule has 0 atom stereocenters. The summed E-state index contributed by atoms with van der Waals surface area (Å²) in [5, 5.41) is 4.45. The van der Waals surface area contributed by atoms with Crippen molar-refractivity contribution < 1.29 is 14.4 Å². The predicted molar refractivity (Wildman–Crippen MR) is 71.2 cm³/mol. The molecule has 0 saturated carbocycles. The molecule has 19 heavy (non-hydrogen) atoms. The van der Waals surface area contributed by atoms with E-state index in [2.05, 4.69) is 5.32 Å². The molecule has 0 aliphatic carbocycles. The SMILES string of the molecule is CC(C)(C)NC(=O)C(=O)NC(=O)c1ccccc1N. The topological polar surface area (TPSA) is 101 Å². The number of nitrogen functional groups attached to an aromatic ring is 1. The molecule has 0 radical (unpaired) electrons. The Balaban J connectivity index is 2.70. The number of nitrogens with one attached hydrogen (secondary N) is 2. The Kier molecular flexibility index (Phi) is 4.26. The molecular weight excluding hydrogens is 246 g/mol. The van der Waals surface area contributed by atoms with Gasteiger partial charge in [0.2, 0.25) is 0 Å². The van der Waals surface area contributed by atoms with Crippen molar-refractivity contribution >= 4 is 23.4 Å². The van der Waals surface area contributed by atoms with Crippen LogP contribution < -0.4 is 16.4 Å². The molecule has 102 valence electrons. The molecule has 6 nitrogen and oxygen atoms in total. The predicted octanol–water partition coefficient (Wildman–Crippen LogP) is 0.440. The van der Waals surface area contributed by atoms with Crippen molar-refractivity contribution in [3.63, 3.8) is 0 Å². The third-order valence-electron chi connectivity index (χ3n) is 2.13. The van der Waals surface area contributed by atoms with Crippen molar-refractivity contribution in [1.82, 2.24) is 10.6 Å². The number of amides is 3. The van der Waals surface area contributed by atoms with Gasteiger partial charge in [0.15, 0.2) is 0 Å². The van der Waals surface area contributed by atoms with Crippen LogP contribution in [-0.4, -0.2) is 23.3 Å². The zero-order chi connectivity index (χ0) is 14.6. The van der Waals surface area contributed by atoms with E-state index in [9.17, 15) is 14.4 Å². The normalized spacial score (nSPS) is 10.7. The molecule has 3 amide bonds. The number of para-hydroxylation sites is 1. The lowest BCUT2D eigenvalue weighted by atomic mass is 10.1. The highest BCUT2D eigenvalue weighted by molar-refractivity contribution is 6.38. The Morgan fingerprint density at radius 3 is 2.16 bits per heavy atom. The molecule has 1 rings (SSSR count). The van der Waals surface area contributed by atoms with Crippen LogP contribution >= 0.6 is 0 Å². The summed E-state index contributed by atoms with van der Waals surface area (Å²) in [6, 6.07) is 6.29. The molecular formula is C13H17N3O3. The lowest BCUT2D eigenvalue weighted by molar-refractivity contribution is -0.139. The van der Waals surface area contributed by atoms with Gasteiger partial charge in [-0.2, -0.15) is 0 Å². The monoisotopic (exact) mass is 263 g/mol. The zero-order valence-corrected chi connectivity index (χ0v) is 11.1. The maximum Gasteiger partial charge on any atom is 0.316 e. The maximum absolute atomic E-state index is 11.8. The lowest BCUT2D eigenvalue weighted by Gasteiger charge is -2.19. The second-order valence-electron chi connectivity index (χ2n) is 5.07. The van der Waals surface area contributed by atoms with Crippen LogP contribution in [0, 0.1) is 0 Å². The molecule has 0 aliphatic heterocycles. The third-order valence-corrected chi connectivity index (χ3v) is 2.13. The largest absolute Gasteiger partial charge is 0.398 e. The fourth-order valence-electron chi connectivity index (χ4n) is 1.33. The van der Waals surface area contributed by atoms with Gasteiger partial charge in [-0.25, -0.2) is 0 Å². The standard InChI is InChI=1S/C13H17N3O3/c1-13(2,3)16-12(19)11(18)15-10(17)8-6-4-5-7-9(8)14/h4-7H,14H2,1-3H3,(H,16,19)(H,15,17,18). The summed E-state index contributed by atoms with van der Waals surface area (Å²) in [7, 11) is 0. The van der Waals surface area contributed by atoms with Gasteiger partial charge in [-0.15, -0.1) is 0 Å². The first-order chi connectivity index (χ1) is 8.70. The van der Waals surface area contributed by atoms with Gasteiger partial charge < -0.3 is 11.1 Å². The Morgan fingerprint density at radius 2 is 1.63 bits per heavy atom. The van der Waals surface area contributed by atoms with E-state index in [1.165, 1.54) is 12.1 Å². The van der Waals surface area contributed by atoms with Crippen LogP contribution in [-0.2, 0) is 9.59 Å². The Hall–Kier alpha value is -2.37. The van der Waals surface area contributed by atoms with Gasteiger partial charge in [-0.05, 0) is 32.9 Å². The lowest BCUT2D eigenvalue weighted by Crippen LogP contribution is -2.49. The zero-order valence-electron chi connectivity index (χ0n) is 11.1. The summed E-state index contributed by atoms with van der Waals surface area (Å²) in [6.45, 7) is 5.19. The summed E-state index contributed by atoms with van der Waals surface area (Å²) in [5.41, 5.74) is 5.44. The van der Waals surface area contributed by atoms with Gasteiger partial charge in [0.05, 0.1) is 5.56 Å². The number of nitrogens with two attached hydrogens (primary N) is 1. The quantitative estimate of drug-likeness (QED) is 0.505. The second-order valence-corrected chi connectivity index (χ2v) is 5.07. The fraction of sp³-hybridized carbons (Fsp3) is 0.308. The highest BCUT2D eigenvalue weighted by Crippen LogP contribution is 2.09. The number of imide groups is 1. The maximum atomic E-state index is 11.8. The fourth-order valence-corrected chi connectivity index (χ4v) is 1.33. The number of carbonyl (C=O) groups excluding carboxylic acids is 3. The van der Waals surface area contributed by atoms with E-state index in [0.29, 0.717) is 0 Å². The van der Waals surface area contributed by atoms with Crippen molar-refractivity contribution in [2.24, 2.45) is 0 Å². The van der Waals surface area contributed by atoms with Crippen molar-refractivity contribution in [3.05, 3.63) is 29.8 Å². The van der Waals surface area contributed by atoms with E-state index in [-0.39, 0.29) is 11.3 Å². The molecule has 0 aromatic heterocycles. The molecule has 0 fully saturated rings. The number of anilines is 1. The van der Waals surface area contributed by atoms with Crippen molar-refractivity contribution in [2.75, 3.05) is 5.73 Å². The highest BCUT2D eigenvalue weighted by atomic mass is 16.2. The van der Waals surface area contributed by atoms with Gasteiger partial charge in [0, 0.05) is 11.2 Å². The summed E-state index contributed by atoms with van der Waals surface area (Å²) < 4.78 is 0. The summed E-state index contributed by atoms with van der Waals surface area (Å²) >= 11 is 0. The Morgan fingerprint density at radius 1 is 1.05 bits per heavy atom. The molecule has 0 unspecified atom stereocenters. The van der Waals surface area contributed by atoms with E-state index in [1.54, 1.807) is 32.9 Å². The third kappa shape index (κ3) is 4.42. The number of rotatable bonds is 1. The molecule has 0 heterocycles. The van der Waals surface area contributed by atoms with E-state index in [0.717, 1.165) is 0 Å². The smallest absolute Gasteiger partial charge is 0.316 e. The summed E-state index contributed by atoms with van der Waals surface area (Å²) in [6.07, 6.45) is 0. The van der Waals surface area contributed by atoms with E-state index < -0.39 is 23.3 Å². The van der Waals surface area contributed by atoms with Crippen molar-refractivity contribution in [3.8, 4) is 0 Å². The van der Waals surface area contributed by atoms with Crippen LogP contribution in [0.4, 0.5) is 5.69 Å². The van der Waals surface area contributed by atoms with Crippen molar-refractivity contribution in [1.29, 1.82) is 0 Å². The van der Waals surface area contributed by atoms with Crippen LogP contribution in [0.2, 0.25) is 0 Å². The average molecular weight is 263 g/mol. The Labute approximate surface area is 111 Å². The molecule has 0 bridgehead atoms. The minimum absolute atomic E-state index is 0.152. The van der Waals surface area contributed by atoms with Gasteiger partial charge >= 0.3 is 11.8 Å². The first-order valence-electron chi connectivity index (χ1n) is 5.73. The van der Waals surface area contributed by atoms with Crippen LogP contribution in [0.5, 0.6) is 0 Å². The van der Waals surface area contributed by atoms with Gasteiger partial charge in [0.25, 0.3) is 5.91 Å². The summed E-state index contributed by atoms with van der Waals surface area (Å²) in [5.74, 6) is -2.58. The first kappa shape index (κ1) is 14.7. The minimum atomic E-state index is -1.01. The number of hydrogen-bond acceptors (Lipinski definition) is 4. The average Bonchev–Trinajstić information content (AvgIpc) is 2.27. The number of carbonyl (C=O) groups is 3. The Bertz CT molecular complexity index is 518. The van der Waals surface area contributed by atoms with Crippen LogP contribution in [0.1, 0.15) is 31.1 Å². The molecule has 4 N–H and O–H groups in total. The number of hydrogen-bond donors (Lipinski definition) is 3. The van der Waals surface area contributed by atoms with Crippen molar-refractivity contribution in [2.45, 2.75) is 26.3 Å². The molecule has 0 spiro atoms. The van der Waals surface area contributed by atoms with Gasteiger partial charge in [0.1, 0.15) is 0 Å². The molecule has 1 aromatic carbocycles. The summed E-state index contributed by atoms with van der Waals surface area (Å²) in [4.78, 5) is 34.8. The van der Waals surface area contributed by atoms with E-state index in [1.807, 2.05) is 5.32 Å². The molecule has 6 heteroatoms. The van der Waals surface area contributed by atoms with Gasteiger partial charge in [-0.3, -0.25) is 19.7 Å². The van der Waals surface area contributed by atoms with Crippen LogP contribution in [0.15, 0.2) is 24.3 Å². The second kappa shape index (κ2) is 5.51. The first-order valence-corrected chi connectivity index (χ1v) is 5.73. The van der Waals surface area contributed by atoms with E-state index in [4.69, 9.17) is 5.73 Å². The van der Waals surface area contributed by atoms with Crippen LogP contribution in [0.25, 0.3) is 0 Å². The molecule has 1 aromatic rings. The van der Waals surface area contributed by atoms with Crippen LogP contribution in [0.3, 0.4) is 0 Å². The highest BCUT2D eigenvalue weighted by Gasteiger charge is 2.22. The van der Waals surface area contributed by atoms with Gasteiger partial charge in [-0.1, -0.05) is 12.1 Å². The van der Waals surface area contributed by atoms with E-state index >= 15 is 0 Å². The molecule has 0 saturated heterocycles. The number of benzene rings is 1.